The van der Waals surface area contributed by atoms with Gasteiger partial charge in [0.1, 0.15) is 36.5 Å². The quantitative estimate of drug-likeness (QED) is 0.183. The monoisotopic (exact) mass is 726 g/mol. The van der Waals surface area contributed by atoms with Crippen LogP contribution in [0.25, 0.3) is 0 Å². The third-order valence-electron chi connectivity index (χ3n) is 8.55. The summed E-state index contributed by atoms with van der Waals surface area (Å²) in [5.74, 6) is -0.783. The van der Waals surface area contributed by atoms with Crippen molar-refractivity contribution in [2.45, 2.75) is 135 Å². The van der Waals surface area contributed by atoms with Gasteiger partial charge in [-0.25, -0.2) is 19.2 Å². The smallest absolute Gasteiger partial charge is 0.411 e. The zero-order chi connectivity index (χ0) is 38.3. The van der Waals surface area contributed by atoms with Crippen LogP contribution in [-0.4, -0.2) is 94.7 Å². The fourth-order valence-electron chi connectivity index (χ4n) is 6.26. The SMILES string of the molecule is CC(C)(C)OC(=O)[C@@H]1CC[C@@H](CCCO)N1C(=O)OCc1ccccc1.COCC[C@@H]1CC[C@@H](C(=O)OC(C)(C)C)N1C(=O)OCc1ccccc1. The van der Waals surface area contributed by atoms with Gasteiger partial charge in [-0.05, 0) is 97.6 Å². The van der Waals surface area contributed by atoms with E-state index in [9.17, 15) is 19.2 Å². The average molecular weight is 727 g/mol. The lowest BCUT2D eigenvalue weighted by atomic mass is 10.1. The van der Waals surface area contributed by atoms with Crippen molar-refractivity contribution in [2.75, 3.05) is 20.3 Å². The highest BCUT2D eigenvalue weighted by atomic mass is 16.6. The van der Waals surface area contributed by atoms with Crippen molar-refractivity contribution >= 4 is 24.1 Å². The van der Waals surface area contributed by atoms with E-state index in [2.05, 4.69) is 0 Å². The van der Waals surface area contributed by atoms with Crippen LogP contribution in [0.1, 0.15) is 97.6 Å². The minimum atomic E-state index is -0.638. The molecule has 2 saturated heterocycles. The largest absolute Gasteiger partial charge is 0.458 e. The van der Waals surface area contributed by atoms with E-state index in [-0.39, 0.29) is 37.9 Å². The number of carbonyl (C=O) groups excluding carboxylic acids is 4. The first-order chi connectivity index (χ1) is 24.6. The maximum atomic E-state index is 12.7. The Bertz CT molecular complexity index is 1300. The molecule has 2 fully saturated rings. The van der Waals surface area contributed by atoms with Crippen molar-refractivity contribution in [2.24, 2.45) is 0 Å². The Balaban J connectivity index is 0.000000280. The number of aliphatic hydroxyl groups excluding tert-OH is 1. The third kappa shape index (κ3) is 13.8. The summed E-state index contributed by atoms with van der Waals surface area (Å²) in [7, 11) is 1.62. The number of hydrogen-bond acceptors (Lipinski definition) is 10. The topological polar surface area (TPSA) is 141 Å². The van der Waals surface area contributed by atoms with Gasteiger partial charge in [-0.2, -0.15) is 0 Å². The molecular weight excluding hydrogens is 668 g/mol. The predicted molar refractivity (Wildman–Crippen MR) is 195 cm³/mol. The molecule has 0 aliphatic carbocycles. The van der Waals surface area contributed by atoms with Crippen LogP contribution in [-0.2, 0) is 46.5 Å². The Labute approximate surface area is 308 Å². The number of esters is 2. The van der Waals surface area contributed by atoms with Crippen LogP contribution in [0.4, 0.5) is 9.59 Å². The lowest BCUT2D eigenvalue weighted by molar-refractivity contribution is -0.161. The van der Waals surface area contributed by atoms with E-state index in [0.29, 0.717) is 45.1 Å². The van der Waals surface area contributed by atoms with Crippen molar-refractivity contribution in [3.63, 3.8) is 0 Å². The molecule has 2 aromatic rings. The molecule has 2 aromatic carbocycles. The molecule has 12 heteroatoms. The molecule has 52 heavy (non-hydrogen) atoms. The highest BCUT2D eigenvalue weighted by Gasteiger charge is 2.44. The fraction of sp³-hybridized carbons (Fsp3) is 0.600. The molecule has 0 aromatic heterocycles. The second kappa shape index (κ2) is 20.2. The van der Waals surface area contributed by atoms with E-state index in [1.807, 2.05) is 81.4 Å². The minimum absolute atomic E-state index is 0.0561. The van der Waals surface area contributed by atoms with E-state index in [0.717, 1.165) is 17.5 Å². The molecule has 0 saturated carbocycles. The fourth-order valence-corrected chi connectivity index (χ4v) is 6.26. The number of ether oxygens (including phenoxy) is 5. The van der Waals surface area contributed by atoms with E-state index >= 15 is 0 Å². The number of benzene rings is 2. The summed E-state index contributed by atoms with van der Waals surface area (Å²) < 4.78 is 27.0. The Morgan fingerprint density at radius 2 is 1.06 bits per heavy atom. The highest BCUT2D eigenvalue weighted by molar-refractivity contribution is 5.83. The van der Waals surface area contributed by atoms with Gasteiger partial charge in [0.15, 0.2) is 0 Å². The molecule has 4 atom stereocenters. The first-order valence-electron chi connectivity index (χ1n) is 18.2. The van der Waals surface area contributed by atoms with Gasteiger partial charge in [-0.3, -0.25) is 9.80 Å². The Morgan fingerprint density at radius 1 is 0.654 bits per heavy atom. The normalized spacial score (nSPS) is 20.1. The molecule has 0 spiro atoms. The van der Waals surface area contributed by atoms with Crippen molar-refractivity contribution in [3.05, 3.63) is 71.8 Å². The molecule has 2 heterocycles. The molecule has 288 valence electrons. The number of amides is 2. The van der Waals surface area contributed by atoms with E-state index in [1.165, 1.54) is 9.80 Å². The van der Waals surface area contributed by atoms with Gasteiger partial charge in [0, 0.05) is 32.4 Å². The molecule has 0 radical (unpaired) electrons. The van der Waals surface area contributed by atoms with Gasteiger partial charge in [-0.15, -0.1) is 0 Å². The summed E-state index contributed by atoms with van der Waals surface area (Å²) in [6.07, 6.45) is 3.43. The van der Waals surface area contributed by atoms with Crippen molar-refractivity contribution in [3.8, 4) is 0 Å². The molecule has 0 bridgehead atoms. The molecule has 2 aliphatic rings. The van der Waals surface area contributed by atoms with E-state index in [1.54, 1.807) is 27.9 Å². The van der Waals surface area contributed by atoms with Crippen LogP contribution < -0.4 is 0 Å². The molecule has 4 rings (SSSR count). The van der Waals surface area contributed by atoms with Crippen LogP contribution in [0.3, 0.4) is 0 Å². The summed E-state index contributed by atoms with van der Waals surface area (Å²) in [4.78, 5) is 53.6. The average Bonchev–Trinajstić information content (AvgIpc) is 3.72. The van der Waals surface area contributed by atoms with E-state index < -0.39 is 41.4 Å². The second-order valence-electron chi connectivity index (χ2n) is 15.1. The number of aliphatic hydroxyl groups is 1. The van der Waals surface area contributed by atoms with Gasteiger partial charge >= 0.3 is 24.1 Å². The standard InChI is InChI=1S/2C20H29NO5/c1-20(2,3)26-18(22)17-11-10-16(12-13-24-4)21(17)19(23)25-14-15-8-6-5-7-9-15;1-20(2,3)26-18(23)17-12-11-16(10-7-13-22)21(17)19(24)25-14-15-8-5-4-6-9-15/h5-9,16-17H,10-14H2,1-4H3;4-6,8-9,16-17,22H,7,10-14H2,1-3H3/t16-,17-;16-,17+/m01/s1. The second-order valence-corrected chi connectivity index (χ2v) is 15.1. The Morgan fingerprint density at radius 3 is 1.42 bits per heavy atom. The lowest BCUT2D eigenvalue weighted by Gasteiger charge is -2.30. The van der Waals surface area contributed by atoms with Crippen LogP contribution in [0.2, 0.25) is 0 Å². The number of rotatable bonds is 12. The highest BCUT2D eigenvalue weighted by Crippen LogP contribution is 2.31. The first kappa shape index (κ1) is 42.3. The van der Waals surface area contributed by atoms with Gasteiger partial charge in [0.25, 0.3) is 0 Å². The van der Waals surface area contributed by atoms with Crippen molar-refractivity contribution in [1.82, 2.24) is 9.80 Å². The molecular formula is C40H58N2O10. The third-order valence-corrected chi connectivity index (χ3v) is 8.55. The summed E-state index contributed by atoms with van der Waals surface area (Å²) >= 11 is 0. The van der Waals surface area contributed by atoms with Gasteiger partial charge < -0.3 is 28.8 Å². The van der Waals surface area contributed by atoms with Gasteiger partial charge in [0.05, 0.1) is 0 Å². The summed E-state index contributed by atoms with van der Waals surface area (Å²) in [6, 6.07) is 17.4. The van der Waals surface area contributed by atoms with E-state index in [4.69, 9.17) is 28.8 Å². The number of hydrogen-bond donors (Lipinski definition) is 1. The maximum absolute atomic E-state index is 12.7. The number of nitrogens with zero attached hydrogens (tertiary/aromatic N) is 2. The Kier molecular flexibility index (Phi) is 16.4. The molecule has 1 N–H and O–H groups in total. The maximum Gasteiger partial charge on any atom is 0.411 e. The van der Waals surface area contributed by atoms with Crippen LogP contribution in [0.15, 0.2) is 60.7 Å². The summed E-state index contributed by atoms with van der Waals surface area (Å²) in [6.45, 7) is 11.8. The molecule has 12 nitrogen and oxygen atoms in total. The first-order valence-corrected chi connectivity index (χ1v) is 18.2. The minimum Gasteiger partial charge on any atom is -0.458 e. The lowest BCUT2D eigenvalue weighted by Crippen LogP contribution is -2.47. The molecule has 0 unspecified atom stereocenters. The van der Waals surface area contributed by atoms with Crippen molar-refractivity contribution in [1.29, 1.82) is 0 Å². The van der Waals surface area contributed by atoms with Gasteiger partial charge in [0.2, 0.25) is 0 Å². The summed E-state index contributed by atoms with van der Waals surface area (Å²) in [5, 5.41) is 9.11. The molecule has 2 aliphatic heterocycles. The number of likely N-dealkylation sites (tertiary alicyclic amines) is 2. The van der Waals surface area contributed by atoms with Crippen LogP contribution >= 0.6 is 0 Å². The summed E-state index contributed by atoms with van der Waals surface area (Å²) in [5.41, 5.74) is 0.587. The zero-order valence-electron chi connectivity index (χ0n) is 31.9. The number of carbonyl (C=O) groups is 4. The number of methoxy groups -OCH3 is 1. The predicted octanol–water partition coefficient (Wildman–Crippen LogP) is 6.80. The zero-order valence-corrected chi connectivity index (χ0v) is 31.9. The van der Waals surface area contributed by atoms with Crippen molar-refractivity contribution < 1.29 is 48.0 Å². The molecule has 2 amide bonds. The van der Waals surface area contributed by atoms with Gasteiger partial charge in [-0.1, -0.05) is 60.7 Å². The van der Waals surface area contributed by atoms with Crippen LogP contribution in [0, 0.1) is 0 Å². The van der Waals surface area contributed by atoms with Crippen LogP contribution in [0.5, 0.6) is 0 Å². The Hall–Kier alpha value is -4.16.